The van der Waals surface area contributed by atoms with Crippen molar-refractivity contribution in [2.45, 2.75) is 63.6 Å². The lowest BCUT2D eigenvalue weighted by Crippen LogP contribution is -2.50. The molecular formula is C17H28ClF3N2O. The Morgan fingerprint density at radius 3 is 2.17 bits per heavy atom. The molecule has 0 saturated heterocycles. The van der Waals surface area contributed by atoms with Crippen LogP contribution in [0.3, 0.4) is 0 Å². The van der Waals surface area contributed by atoms with Gasteiger partial charge in [-0.15, -0.1) is 12.4 Å². The van der Waals surface area contributed by atoms with E-state index in [-0.39, 0.29) is 36.8 Å². The zero-order valence-corrected chi connectivity index (χ0v) is 14.7. The number of nitrogens with two attached hydrogens (primary N) is 1. The van der Waals surface area contributed by atoms with Crippen LogP contribution in [0.4, 0.5) is 13.2 Å². The van der Waals surface area contributed by atoms with E-state index in [1.54, 1.807) is 0 Å². The predicted octanol–water partition coefficient (Wildman–Crippen LogP) is 3.75. The molecule has 3 rings (SSSR count). The fourth-order valence-electron chi connectivity index (χ4n) is 4.41. The van der Waals surface area contributed by atoms with E-state index in [0.717, 1.165) is 38.5 Å². The normalized spacial score (nSPS) is 32.8. The third-order valence-corrected chi connectivity index (χ3v) is 5.91. The first-order chi connectivity index (χ1) is 10.8. The second-order valence-electron chi connectivity index (χ2n) is 7.79. The first-order valence-corrected chi connectivity index (χ1v) is 8.94. The summed E-state index contributed by atoms with van der Waals surface area (Å²) in [6.45, 7) is 0.323. The molecule has 7 heteroatoms. The van der Waals surface area contributed by atoms with Crippen LogP contribution in [0.5, 0.6) is 0 Å². The van der Waals surface area contributed by atoms with Crippen LogP contribution >= 0.6 is 12.4 Å². The summed E-state index contributed by atoms with van der Waals surface area (Å²) in [5.74, 6) is 1.00. The fourth-order valence-corrected chi connectivity index (χ4v) is 4.41. The number of carbonyl (C=O) groups is 1. The molecule has 0 radical (unpaired) electrons. The molecule has 1 amide bonds. The minimum atomic E-state index is -4.20. The van der Waals surface area contributed by atoms with E-state index in [2.05, 4.69) is 0 Å². The quantitative estimate of drug-likeness (QED) is 0.803. The maximum atomic E-state index is 12.8. The molecule has 0 aliphatic heterocycles. The molecule has 2 unspecified atom stereocenters. The Hall–Kier alpha value is -0.490. The van der Waals surface area contributed by atoms with Crippen molar-refractivity contribution in [3.05, 3.63) is 0 Å². The number of rotatable bonds is 5. The third kappa shape index (κ3) is 5.01. The van der Waals surface area contributed by atoms with Crippen LogP contribution < -0.4 is 5.73 Å². The lowest BCUT2D eigenvalue weighted by molar-refractivity contribution is -0.149. The number of amides is 1. The summed E-state index contributed by atoms with van der Waals surface area (Å²) in [5.41, 5.74) is 6.26. The Kier molecular flexibility index (Phi) is 6.46. The molecule has 0 heterocycles. The lowest BCUT2D eigenvalue weighted by atomic mass is 9.65. The molecule has 0 aromatic carbocycles. The highest BCUT2D eigenvalue weighted by atomic mass is 35.5. The van der Waals surface area contributed by atoms with Gasteiger partial charge in [-0.25, -0.2) is 0 Å². The first-order valence-electron chi connectivity index (χ1n) is 8.94. The number of halogens is 4. The average Bonchev–Trinajstić information content (AvgIpc) is 3.25. The third-order valence-electron chi connectivity index (χ3n) is 5.91. The molecule has 3 fully saturated rings. The van der Waals surface area contributed by atoms with Gasteiger partial charge in [-0.05, 0) is 56.3 Å². The van der Waals surface area contributed by atoms with E-state index in [1.807, 2.05) is 0 Å². The topological polar surface area (TPSA) is 46.3 Å². The minimum Gasteiger partial charge on any atom is -0.342 e. The van der Waals surface area contributed by atoms with Gasteiger partial charge in [0.25, 0.3) is 0 Å². The largest absolute Gasteiger partial charge is 0.390 e. The molecule has 0 aromatic rings. The van der Waals surface area contributed by atoms with Crippen LogP contribution in [-0.2, 0) is 4.79 Å². The lowest BCUT2D eigenvalue weighted by Gasteiger charge is -2.44. The van der Waals surface area contributed by atoms with Crippen molar-refractivity contribution in [3.8, 4) is 0 Å². The molecule has 24 heavy (non-hydrogen) atoms. The Bertz CT molecular complexity index is 428. The maximum Gasteiger partial charge on any atom is 0.390 e. The summed E-state index contributed by atoms with van der Waals surface area (Å²) in [6.07, 6.45) is 1.81. The van der Waals surface area contributed by atoms with Crippen molar-refractivity contribution in [3.63, 3.8) is 0 Å². The smallest absolute Gasteiger partial charge is 0.342 e. The van der Waals surface area contributed by atoms with Crippen molar-refractivity contribution in [1.82, 2.24) is 4.90 Å². The van der Waals surface area contributed by atoms with Gasteiger partial charge in [0.05, 0.1) is 6.42 Å². The highest BCUT2D eigenvalue weighted by molar-refractivity contribution is 5.85. The number of hydrogen-bond donors (Lipinski definition) is 1. The van der Waals surface area contributed by atoms with Crippen LogP contribution in [0.2, 0.25) is 0 Å². The van der Waals surface area contributed by atoms with E-state index < -0.39 is 12.6 Å². The van der Waals surface area contributed by atoms with Crippen LogP contribution in [0.15, 0.2) is 0 Å². The SMILES string of the molecule is Cl.NC1C2CCCC1CC(C(=O)N(CCC(F)(F)F)CC1CC1)C2. The maximum absolute atomic E-state index is 12.8. The summed E-state index contributed by atoms with van der Waals surface area (Å²) < 4.78 is 37.7. The van der Waals surface area contributed by atoms with Gasteiger partial charge in [-0.1, -0.05) is 6.42 Å². The predicted molar refractivity (Wildman–Crippen MR) is 88.8 cm³/mol. The summed E-state index contributed by atoms with van der Waals surface area (Å²) in [7, 11) is 0. The molecule has 2 atom stereocenters. The van der Waals surface area contributed by atoms with Gasteiger partial charge in [0.15, 0.2) is 0 Å². The van der Waals surface area contributed by atoms with Gasteiger partial charge in [0, 0.05) is 25.0 Å². The molecule has 3 nitrogen and oxygen atoms in total. The van der Waals surface area contributed by atoms with Gasteiger partial charge in [0.1, 0.15) is 0 Å². The second kappa shape index (κ2) is 7.81. The van der Waals surface area contributed by atoms with E-state index in [0.29, 0.717) is 24.3 Å². The number of carbonyl (C=O) groups excluding carboxylic acids is 1. The molecule has 2 N–H and O–H groups in total. The van der Waals surface area contributed by atoms with E-state index in [1.165, 1.54) is 11.3 Å². The Labute approximate surface area is 147 Å². The van der Waals surface area contributed by atoms with Crippen molar-refractivity contribution in [2.75, 3.05) is 13.1 Å². The number of hydrogen-bond acceptors (Lipinski definition) is 2. The number of fused-ring (bicyclic) bond motifs is 2. The van der Waals surface area contributed by atoms with Crippen LogP contribution in [0, 0.1) is 23.7 Å². The van der Waals surface area contributed by atoms with Crippen molar-refractivity contribution >= 4 is 18.3 Å². The fraction of sp³-hybridized carbons (Fsp3) is 0.941. The van der Waals surface area contributed by atoms with Gasteiger partial charge < -0.3 is 10.6 Å². The first kappa shape index (κ1) is 19.8. The van der Waals surface area contributed by atoms with Gasteiger partial charge in [-0.2, -0.15) is 13.2 Å². The minimum absolute atomic E-state index is 0. The molecule has 3 aliphatic carbocycles. The van der Waals surface area contributed by atoms with Gasteiger partial charge in [-0.3, -0.25) is 4.79 Å². The van der Waals surface area contributed by atoms with Crippen LogP contribution in [0.25, 0.3) is 0 Å². The second-order valence-corrected chi connectivity index (χ2v) is 7.79. The zero-order valence-electron chi connectivity index (χ0n) is 13.9. The Morgan fingerprint density at radius 2 is 1.67 bits per heavy atom. The standard InChI is InChI=1S/C17H27F3N2O.ClH/c18-17(19,20)6-7-22(10-11-4-5-11)16(23)14-8-12-2-1-3-13(9-14)15(12)21;/h11-15H,1-10,21H2;1H. The van der Waals surface area contributed by atoms with Crippen LogP contribution in [0.1, 0.15) is 51.4 Å². The average molecular weight is 369 g/mol. The molecule has 0 spiro atoms. The Morgan fingerprint density at radius 1 is 1.08 bits per heavy atom. The Balaban J connectivity index is 0.00000208. The summed E-state index contributed by atoms with van der Waals surface area (Å²) in [4.78, 5) is 14.3. The highest BCUT2D eigenvalue weighted by Crippen LogP contribution is 2.43. The summed E-state index contributed by atoms with van der Waals surface area (Å²) in [5, 5.41) is 0. The molecule has 0 aromatic heterocycles. The molecule has 140 valence electrons. The van der Waals surface area contributed by atoms with Crippen LogP contribution in [-0.4, -0.2) is 36.1 Å². The van der Waals surface area contributed by atoms with Crippen molar-refractivity contribution in [2.24, 2.45) is 29.4 Å². The summed E-state index contributed by atoms with van der Waals surface area (Å²) >= 11 is 0. The van der Waals surface area contributed by atoms with Crippen molar-refractivity contribution < 1.29 is 18.0 Å². The van der Waals surface area contributed by atoms with Crippen molar-refractivity contribution in [1.29, 1.82) is 0 Å². The molecular weight excluding hydrogens is 341 g/mol. The van der Waals surface area contributed by atoms with E-state index in [9.17, 15) is 18.0 Å². The number of alkyl halides is 3. The molecule has 3 aliphatic rings. The van der Waals surface area contributed by atoms with E-state index >= 15 is 0 Å². The molecule has 2 bridgehead atoms. The van der Waals surface area contributed by atoms with Gasteiger partial charge >= 0.3 is 6.18 Å². The monoisotopic (exact) mass is 368 g/mol. The zero-order chi connectivity index (χ0) is 16.6. The van der Waals surface area contributed by atoms with E-state index in [4.69, 9.17) is 5.73 Å². The molecule has 3 saturated carbocycles. The highest BCUT2D eigenvalue weighted by Gasteiger charge is 2.42. The summed E-state index contributed by atoms with van der Waals surface area (Å²) in [6, 6.07) is 0.180. The van der Waals surface area contributed by atoms with Gasteiger partial charge in [0.2, 0.25) is 5.91 Å². The number of nitrogens with zero attached hydrogens (tertiary/aromatic N) is 1.